The van der Waals surface area contributed by atoms with Gasteiger partial charge >= 0.3 is 0 Å². The molecule has 3 aromatic rings. The zero-order chi connectivity index (χ0) is 17.1. The van der Waals surface area contributed by atoms with Crippen LogP contribution in [0.3, 0.4) is 0 Å². The van der Waals surface area contributed by atoms with Crippen LogP contribution in [-0.4, -0.2) is 15.6 Å². The molecule has 0 saturated carbocycles. The predicted molar refractivity (Wildman–Crippen MR) is 97.1 cm³/mol. The Morgan fingerprint density at radius 1 is 1.21 bits per heavy atom. The molecule has 8 heteroatoms. The Kier molecular flexibility index (Phi) is 4.99. The van der Waals surface area contributed by atoms with Gasteiger partial charge in [-0.1, -0.05) is 52.7 Å². The third kappa shape index (κ3) is 3.67. The van der Waals surface area contributed by atoms with Gasteiger partial charge in [0, 0.05) is 11.9 Å². The largest absolute Gasteiger partial charge is 0.292 e. The van der Waals surface area contributed by atoms with Crippen LogP contribution in [0.5, 0.6) is 0 Å². The van der Waals surface area contributed by atoms with Gasteiger partial charge in [0.1, 0.15) is 0 Å². The molecule has 1 aromatic heterocycles. The highest BCUT2D eigenvalue weighted by molar-refractivity contribution is 7.11. The minimum atomic E-state index is -0.139. The van der Waals surface area contributed by atoms with E-state index in [2.05, 4.69) is 15.6 Å². The molecular weight excluding hydrogens is 367 g/mol. The summed E-state index contributed by atoms with van der Waals surface area (Å²) in [5.74, 6) is -0.139. The molecule has 0 aliphatic carbocycles. The van der Waals surface area contributed by atoms with Crippen molar-refractivity contribution in [2.24, 2.45) is 5.10 Å². The fraction of sp³-hybridized carbons (Fsp3) is 0.0625. The smallest absolute Gasteiger partial charge is 0.231 e. The minimum Gasteiger partial charge on any atom is -0.292 e. The average molecular weight is 379 g/mol. The molecule has 122 valence electrons. The molecule has 2 aromatic carbocycles. The number of para-hydroxylation sites is 1. The number of ketones is 1. The lowest BCUT2D eigenvalue weighted by Gasteiger charge is -2.04. The second kappa shape index (κ2) is 7.17. The number of rotatable bonds is 4. The Bertz CT molecular complexity index is 950. The summed E-state index contributed by atoms with van der Waals surface area (Å²) >= 11 is 13.4. The lowest BCUT2D eigenvalue weighted by Crippen LogP contribution is -2.16. The zero-order valence-electron chi connectivity index (χ0n) is 12.5. The van der Waals surface area contributed by atoms with Crippen LogP contribution in [0, 0.1) is 0 Å². The highest BCUT2D eigenvalue weighted by atomic mass is 35.5. The fourth-order valence-corrected chi connectivity index (χ4v) is 3.18. The summed E-state index contributed by atoms with van der Waals surface area (Å²) < 4.78 is 1.52. The maximum absolute atomic E-state index is 11.7. The van der Waals surface area contributed by atoms with Gasteiger partial charge in [0.25, 0.3) is 0 Å². The van der Waals surface area contributed by atoms with E-state index in [0.29, 0.717) is 25.5 Å². The molecule has 1 N–H and O–H groups in total. The molecule has 0 fully saturated rings. The molecule has 3 rings (SSSR count). The molecule has 0 aliphatic heterocycles. The van der Waals surface area contributed by atoms with Gasteiger partial charge in [0.15, 0.2) is 10.8 Å². The molecule has 0 unspecified atom stereocenters. The van der Waals surface area contributed by atoms with Crippen molar-refractivity contribution in [1.82, 2.24) is 9.78 Å². The predicted octanol–water partition coefficient (Wildman–Crippen LogP) is 4.37. The number of Topliss-reactive ketones (excluding diaryl/α,β-unsaturated/α-hetero) is 1. The van der Waals surface area contributed by atoms with Crippen molar-refractivity contribution < 1.29 is 4.79 Å². The summed E-state index contributed by atoms with van der Waals surface area (Å²) in [4.78, 5) is 12.2. The normalized spacial score (nSPS) is 11.5. The molecule has 0 saturated heterocycles. The monoisotopic (exact) mass is 378 g/mol. The number of halogens is 2. The van der Waals surface area contributed by atoms with Gasteiger partial charge in [-0.15, -0.1) is 5.10 Å². The topological polar surface area (TPSA) is 59.3 Å². The van der Waals surface area contributed by atoms with Crippen molar-refractivity contribution >= 4 is 46.0 Å². The van der Waals surface area contributed by atoms with Gasteiger partial charge in [-0.25, -0.2) is 4.68 Å². The van der Waals surface area contributed by atoms with Gasteiger partial charge in [-0.2, -0.15) is 5.10 Å². The Labute approximate surface area is 152 Å². The summed E-state index contributed by atoms with van der Waals surface area (Å²) in [5, 5.41) is 9.93. The van der Waals surface area contributed by atoms with Gasteiger partial charge in [-0.05, 0) is 30.3 Å². The van der Waals surface area contributed by atoms with Crippen LogP contribution >= 0.6 is 34.5 Å². The van der Waals surface area contributed by atoms with E-state index in [4.69, 9.17) is 23.2 Å². The number of benzene rings is 2. The van der Waals surface area contributed by atoms with Crippen molar-refractivity contribution in [3.8, 4) is 5.69 Å². The molecule has 0 spiro atoms. The number of carbonyl (C=O) groups excluding carboxylic acids is 1. The summed E-state index contributed by atoms with van der Waals surface area (Å²) in [5.41, 5.74) is 4.37. The second-order valence-corrected chi connectivity index (χ2v) is 6.64. The summed E-state index contributed by atoms with van der Waals surface area (Å²) in [7, 11) is 0. The van der Waals surface area contributed by atoms with Crippen LogP contribution in [-0.2, 0) is 0 Å². The van der Waals surface area contributed by atoms with Crippen molar-refractivity contribution in [2.45, 2.75) is 6.92 Å². The number of anilines is 1. The number of aromatic nitrogens is 2. The molecule has 5 nitrogen and oxygen atoms in total. The van der Waals surface area contributed by atoms with Gasteiger partial charge < -0.3 is 0 Å². The molecular formula is C16H12Cl2N4OS. The van der Waals surface area contributed by atoms with E-state index in [9.17, 15) is 4.79 Å². The first-order chi connectivity index (χ1) is 11.5. The van der Waals surface area contributed by atoms with Crippen molar-refractivity contribution in [2.75, 3.05) is 5.43 Å². The van der Waals surface area contributed by atoms with Crippen LogP contribution in [0.15, 0.2) is 53.6 Å². The first-order valence-corrected chi connectivity index (χ1v) is 8.53. The zero-order valence-corrected chi connectivity index (χ0v) is 14.9. The number of nitrogens with zero attached hydrogens (tertiary/aromatic N) is 3. The van der Waals surface area contributed by atoms with Crippen molar-refractivity contribution in [3.63, 3.8) is 0 Å². The quantitative estimate of drug-likeness (QED) is 0.541. The highest BCUT2D eigenvalue weighted by Crippen LogP contribution is 2.23. The highest BCUT2D eigenvalue weighted by Gasteiger charge is 2.13. The van der Waals surface area contributed by atoms with E-state index in [1.807, 2.05) is 30.3 Å². The minimum absolute atomic E-state index is 0.139. The summed E-state index contributed by atoms with van der Waals surface area (Å²) in [6.45, 7) is 1.46. The molecule has 0 aliphatic rings. The molecule has 0 radical (unpaired) electrons. The van der Waals surface area contributed by atoms with E-state index in [0.717, 1.165) is 5.69 Å². The van der Waals surface area contributed by atoms with E-state index in [1.54, 1.807) is 18.2 Å². The summed E-state index contributed by atoms with van der Waals surface area (Å²) in [6.07, 6.45) is 0. The summed E-state index contributed by atoms with van der Waals surface area (Å²) in [6, 6.07) is 14.5. The number of carbonyl (C=O) groups is 1. The molecule has 1 heterocycles. The third-order valence-electron chi connectivity index (χ3n) is 3.05. The van der Waals surface area contributed by atoms with E-state index in [1.165, 1.54) is 22.9 Å². The van der Waals surface area contributed by atoms with Crippen LogP contribution in [0.1, 0.15) is 16.7 Å². The maximum atomic E-state index is 11.7. The fourth-order valence-electron chi connectivity index (χ4n) is 1.93. The molecule has 0 amide bonds. The Morgan fingerprint density at radius 3 is 2.62 bits per heavy atom. The average Bonchev–Trinajstić information content (AvgIpc) is 2.98. The van der Waals surface area contributed by atoms with Crippen molar-refractivity contribution in [3.05, 3.63) is 68.4 Å². The first-order valence-electron chi connectivity index (χ1n) is 6.96. The Morgan fingerprint density at radius 2 is 1.96 bits per heavy atom. The van der Waals surface area contributed by atoms with E-state index >= 15 is 0 Å². The Hall–Kier alpha value is -2.15. The van der Waals surface area contributed by atoms with Gasteiger partial charge in [0.05, 0.1) is 16.4 Å². The van der Waals surface area contributed by atoms with E-state index in [-0.39, 0.29) is 5.78 Å². The van der Waals surface area contributed by atoms with Crippen LogP contribution in [0.25, 0.3) is 5.69 Å². The molecule has 0 atom stereocenters. The second-order valence-electron chi connectivity index (χ2n) is 4.84. The molecule has 0 bridgehead atoms. The van der Waals surface area contributed by atoms with Crippen LogP contribution in [0.2, 0.25) is 10.0 Å². The number of hydrogen-bond donors (Lipinski definition) is 1. The lowest BCUT2D eigenvalue weighted by molar-refractivity contribution is 0.101. The lowest BCUT2D eigenvalue weighted by atomic mass is 10.3. The maximum Gasteiger partial charge on any atom is 0.231 e. The van der Waals surface area contributed by atoms with Gasteiger partial charge in [-0.3, -0.25) is 10.2 Å². The van der Waals surface area contributed by atoms with Crippen LogP contribution < -0.4 is 10.2 Å². The van der Waals surface area contributed by atoms with E-state index < -0.39 is 0 Å². The first kappa shape index (κ1) is 16.7. The SMILES string of the molecule is CC(=O)c1nn(-c2ccc(Cl)cc2Cl)c(=NNc2ccccc2)s1. The molecule has 24 heavy (non-hydrogen) atoms. The van der Waals surface area contributed by atoms with Gasteiger partial charge in [0.2, 0.25) is 4.80 Å². The van der Waals surface area contributed by atoms with Crippen molar-refractivity contribution in [1.29, 1.82) is 0 Å². The standard InChI is InChI=1S/C16H12Cl2N4OS/c1-10(23)15-21-22(14-8-7-11(17)9-13(14)18)16(24-15)20-19-12-5-3-2-4-6-12/h2-9,19H,1H3. The number of hydrogen-bond acceptors (Lipinski definition) is 5. The third-order valence-corrected chi connectivity index (χ3v) is 4.60. The number of nitrogens with one attached hydrogen (secondary N) is 1. The van der Waals surface area contributed by atoms with Crippen LogP contribution in [0.4, 0.5) is 5.69 Å². The Balaban J connectivity index is 2.09.